The third-order valence-corrected chi connectivity index (χ3v) is 17.7. The van der Waals surface area contributed by atoms with Crippen molar-refractivity contribution in [3.63, 3.8) is 0 Å². The van der Waals surface area contributed by atoms with E-state index >= 15 is 0 Å². The fraction of sp³-hybridized carbons (Fsp3) is 0.537. The molecule has 0 N–H and O–H groups in total. The van der Waals surface area contributed by atoms with Crippen LogP contribution in [-0.2, 0) is 30.9 Å². The Morgan fingerprint density at radius 3 is 1.00 bits per heavy atom. The number of benzene rings is 6. The lowest BCUT2D eigenvalue weighted by Crippen LogP contribution is -2.47. The van der Waals surface area contributed by atoms with Crippen LogP contribution in [0.25, 0.3) is 0 Å². The summed E-state index contributed by atoms with van der Waals surface area (Å²) in [7, 11) is 8.43. The maximum atomic E-state index is 12.3. The fourth-order valence-electron chi connectivity index (χ4n) is 10.9. The fourth-order valence-corrected chi connectivity index (χ4v) is 10.9. The van der Waals surface area contributed by atoms with Crippen LogP contribution in [0.2, 0.25) is 0 Å². The van der Waals surface area contributed by atoms with Crippen molar-refractivity contribution in [3.05, 3.63) is 212 Å². The lowest BCUT2D eigenvalue weighted by molar-refractivity contribution is 0.0303. The Hall–Kier alpha value is -5.98. The van der Waals surface area contributed by atoms with Crippen LogP contribution >= 0.6 is 0 Å². The second-order valence-electron chi connectivity index (χ2n) is 27.7. The van der Waals surface area contributed by atoms with E-state index in [0.29, 0.717) is 61.8 Å². The first-order chi connectivity index (χ1) is 43.9. The molecule has 10 heteroatoms. The normalized spacial score (nSPS) is 14.4. The molecule has 0 aliphatic carbocycles. The number of likely N-dealkylation sites (tertiary alicyclic amines) is 1. The molecule has 3 heterocycles. The molecule has 3 aliphatic rings. The first-order valence-corrected chi connectivity index (χ1v) is 35.1. The first kappa shape index (κ1) is 78.5. The van der Waals surface area contributed by atoms with Gasteiger partial charge in [0.15, 0.2) is 0 Å². The number of piperazine rings is 1. The van der Waals surface area contributed by atoms with Gasteiger partial charge in [-0.15, -0.1) is 0 Å². The van der Waals surface area contributed by atoms with Crippen LogP contribution in [0.15, 0.2) is 146 Å². The smallest absolute Gasteiger partial charge is 0.254 e. The van der Waals surface area contributed by atoms with E-state index in [2.05, 4.69) is 266 Å². The molecule has 3 fully saturated rings. The minimum absolute atomic E-state index is 0.114. The molecular weight excluding hydrogens is 1130 g/mol. The van der Waals surface area contributed by atoms with Crippen LogP contribution in [-0.4, -0.2) is 160 Å². The van der Waals surface area contributed by atoms with Crippen LogP contribution in [0.5, 0.6) is 0 Å². The van der Waals surface area contributed by atoms with Gasteiger partial charge >= 0.3 is 0 Å². The summed E-state index contributed by atoms with van der Waals surface area (Å²) in [5.41, 5.74) is 15.5. The van der Waals surface area contributed by atoms with Gasteiger partial charge in [-0.3, -0.25) is 19.4 Å². The molecule has 506 valence electrons. The molecule has 0 bridgehead atoms. The van der Waals surface area contributed by atoms with E-state index in [9.17, 15) is 9.59 Å². The van der Waals surface area contributed by atoms with Crippen molar-refractivity contribution in [2.75, 3.05) is 113 Å². The molecule has 10 nitrogen and oxygen atoms in total. The molecule has 0 aromatic heterocycles. The van der Waals surface area contributed by atoms with E-state index in [4.69, 9.17) is 4.74 Å². The third kappa shape index (κ3) is 29.1. The minimum Gasteiger partial charge on any atom is -0.378 e. The first-order valence-electron chi connectivity index (χ1n) is 35.1. The summed E-state index contributed by atoms with van der Waals surface area (Å²) in [5, 5.41) is 0. The Morgan fingerprint density at radius 2 is 0.685 bits per heavy atom. The van der Waals surface area contributed by atoms with Gasteiger partial charge in [-0.05, 0) is 189 Å². The Balaban J connectivity index is 0.000000236. The topological polar surface area (TPSA) is 66.1 Å². The van der Waals surface area contributed by atoms with Crippen molar-refractivity contribution in [1.29, 1.82) is 0 Å². The monoisotopic (exact) mass is 1260 g/mol. The molecule has 6 aromatic carbocycles. The second-order valence-corrected chi connectivity index (χ2v) is 27.7. The highest BCUT2D eigenvalue weighted by Crippen LogP contribution is 2.22. The maximum absolute atomic E-state index is 12.3. The highest BCUT2D eigenvalue weighted by Gasteiger charge is 2.21. The number of amides is 2. The summed E-state index contributed by atoms with van der Waals surface area (Å²) in [6, 6.07) is 51.9. The van der Waals surface area contributed by atoms with Crippen molar-refractivity contribution >= 4 is 11.8 Å². The number of carbonyl (C=O) groups is 2. The maximum Gasteiger partial charge on any atom is 0.254 e. The summed E-state index contributed by atoms with van der Waals surface area (Å²) in [5.74, 6) is 3.84. The molecule has 0 spiro atoms. The highest BCUT2D eigenvalue weighted by atomic mass is 16.5. The van der Waals surface area contributed by atoms with Crippen LogP contribution < -0.4 is 0 Å². The van der Waals surface area contributed by atoms with Gasteiger partial charge in [0.1, 0.15) is 0 Å². The quantitative estimate of drug-likeness (QED) is 0.0795. The Bertz CT molecular complexity index is 2840. The molecule has 0 unspecified atom stereocenters. The summed E-state index contributed by atoms with van der Waals surface area (Å²) in [4.78, 5) is 40.0. The molecule has 3 saturated heterocycles. The molecule has 9 rings (SSSR count). The number of carbonyl (C=O) groups excluding carboxylic acids is 2. The van der Waals surface area contributed by atoms with Crippen LogP contribution in [0, 0.1) is 0 Å². The van der Waals surface area contributed by atoms with Crippen molar-refractivity contribution in [2.24, 2.45) is 0 Å². The van der Waals surface area contributed by atoms with E-state index in [0.717, 1.165) is 83.1 Å². The van der Waals surface area contributed by atoms with E-state index in [1.165, 1.54) is 81.6 Å². The van der Waals surface area contributed by atoms with Gasteiger partial charge in [-0.1, -0.05) is 225 Å². The van der Waals surface area contributed by atoms with E-state index < -0.39 is 0 Å². The number of likely N-dealkylation sites (N-methyl/N-ethyl adjacent to an activating group) is 1. The summed E-state index contributed by atoms with van der Waals surface area (Å²) in [6.07, 6.45) is 2.76. The SMILES string of the molecule is CC(C)c1ccc(C(=O)N2CCN(C)CC2)cc1.CC(C)c1ccc(C(=O)N2CCOCC2)cc1.CC(C)c1ccc(CN(C)C)cc1.CC(C)c1ccc(CN2CCCC2)cc1.CCN(C)Cc1ccc(C(C)C)cc1.CCN(CC)Cc1ccc(C(C)C)cc1. The number of hydrogen-bond acceptors (Lipinski definition) is 8. The summed E-state index contributed by atoms with van der Waals surface area (Å²) in [6.45, 7) is 49.6. The molecule has 2 amide bonds. The van der Waals surface area contributed by atoms with Crippen LogP contribution in [0.3, 0.4) is 0 Å². The van der Waals surface area contributed by atoms with Crippen LogP contribution in [0.4, 0.5) is 0 Å². The number of morpholine rings is 1. The van der Waals surface area contributed by atoms with Gasteiger partial charge in [0.2, 0.25) is 0 Å². The zero-order chi connectivity index (χ0) is 67.7. The van der Waals surface area contributed by atoms with Crippen molar-refractivity contribution in [1.82, 2.24) is 34.3 Å². The Kier molecular flexibility index (Phi) is 36.1. The second kappa shape index (κ2) is 42.4. The lowest BCUT2D eigenvalue weighted by Gasteiger charge is -2.32. The highest BCUT2D eigenvalue weighted by molar-refractivity contribution is 5.95. The Labute approximate surface area is 561 Å². The minimum atomic E-state index is 0.114. The predicted octanol–water partition coefficient (Wildman–Crippen LogP) is 17.7. The molecule has 92 heavy (non-hydrogen) atoms. The van der Waals surface area contributed by atoms with Gasteiger partial charge in [0.05, 0.1) is 13.2 Å². The molecule has 0 atom stereocenters. The number of hydrogen-bond donors (Lipinski definition) is 0. The van der Waals surface area contributed by atoms with Crippen molar-refractivity contribution < 1.29 is 14.3 Å². The molecule has 3 aliphatic heterocycles. The van der Waals surface area contributed by atoms with Gasteiger partial charge in [0.25, 0.3) is 11.8 Å². The van der Waals surface area contributed by atoms with E-state index in [1.54, 1.807) is 0 Å². The van der Waals surface area contributed by atoms with E-state index in [1.807, 2.05) is 46.2 Å². The number of nitrogens with zero attached hydrogens (tertiary/aromatic N) is 7. The van der Waals surface area contributed by atoms with Crippen molar-refractivity contribution in [3.8, 4) is 0 Å². The Morgan fingerprint density at radius 1 is 0.380 bits per heavy atom. The summed E-state index contributed by atoms with van der Waals surface area (Å²) < 4.78 is 5.24. The zero-order valence-electron chi connectivity index (χ0n) is 61.1. The lowest BCUT2D eigenvalue weighted by atomic mass is 10.0. The largest absolute Gasteiger partial charge is 0.378 e. The average Bonchev–Trinajstić information content (AvgIpc) is 2.76. The summed E-state index contributed by atoms with van der Waals surface area (Å²) >= 11 is 0. The van der Waals surface area contributed by atoms with Gasteiger partial charge in [0, 0.05) is 76.6 Å². The zero-order valence-corrected chi connectivity index (χ0v) is 61.1. The molecular formula is C82H125N7O3. The third-order valence-electron chi connectivity index (χ3n) is 17.7. The van der Waals surface area contributed by atoms with E-state index in [-0.39, 0.29) is 11.8 Å². The predicted molar refractivity (Wildman–Crippen MR) is 394 cm³/mol. The van der Waals surface area contributed by atoms with Gasteiger partial charge in [-0.25, -0.2) is 0 Å². The number of ether oxygens (including phenoxy) is 1. The average molecular weight is 1260 g/mol. The molecule has 6 aromatic rings. The van der Waals surface area contributed by atoms with Gasteiger partial charge in [-0.2, -0.15) is 0 Å². The molecule has 0 saturated carbocycles. The van der Waals surface area contributed by atoms with Gasteiger partial charge < -0.3 is 29.2 Å². The number of rotatable bonds is 19. The standard InChI is InChI=1S/C15H22N2O.C14H19NO2.C14H21N.C14H23N.C13H21N.C12H19N/c1-12(2)13-4-6-14(7-5-13)15(18)17-10-8-16(3)9-11-17;1-11(2)12-3-5-13(6-4-12)14(16)15-7-9-17-10-8-15;1-12(2)14-7-5-13(6-8-14)11-15-9-3-4-10-15;1-5-15(6-2)11-13-7-9-14(10-8-13)12(3)4;1-5-14(4)10-12-6-8-13(9-7-12)11(2)3;1-10(2)12-7-5-11(6-8-12)9-13(3)4/h4-7,12H,8-11H2,1-3H3;3-6,11H,7-10H2,1-2H3;5-8,12H,3-4,9-11H2,1-2H3;7-10,12H,5-6,11H2,1-4H3;6-9,11H,5,10H2,1-4H3;5-8,10H,9H2,1-4H3. The molecule has 0 radical (unpaired) electrons. The van der Waals surface area contributed by atoms with Crippen molar-refractivity contribution in [2.45, 2.75) is 178 Å². The van der Waals surface area contributed by atoms with Crippen LogP contribution in [0.1, 0.15) is 229 Å².